The van der Waals surface area contributed by atoms with Crippen LogP contribution in [0.1, 0.15) is 20.8 Å². The lowest BCUT2D eigenvalue weighted by Crippen LogP contribution is -2.31. The number of amides is 1. The van der Waals surface area contributed by atoms with Crippen molar-refractivity contribution in [2.24, 2.45) is 0 Å². The molecule has 0 spiro atoms. The van der Waals surface area contributed by atoms with Crippen LogP contribution in [0.4, 0.5) is 10.5 Å². The minimum absolute atomic E-state index is 0.370. The molecule has 5 heteroatoms. The maximum Gasteiger partial charge on any atom is 0.414 e. The predicted molar refractivity (Wildman–Crippen MR) is 93.4 cm³/mol. The number of hydrogen-bond donors (Lipinski definition) is 1. The van der Waals surface area contributed by atoms with Crippen molar-refractivity contribution in [2.75, 3.05) is 18.9 Å². The molecule has 122 valence electrons. The number of benzene rings is 1. The summed E-state index contributed by atoms with van der Waals surface area (Å²) < 4.78 is 5.28. The summed E-state index contributed by atoms with van der Waals surface area (Å²) in [4.78, 5) is 17.4. The van der Waals surface area contributed by atoms with Gasteiger partial charge in [0.15, 0.2) is 0 Å². The highest BCUT2D eigenvalue weighted by molar-refractivity contribution is 5.93. The van der Waals surface area contributed by atoms with E-state index in [1.54, 1.807) is 19.4 Å². The van der Waals surface area contributed by atoms with Gasteiger partial charge in [-0.15, -0.1) is 0 Å². The highest BCUT2D eigenvalue weighted by Gasteiger charge is 2.17. The Kier molecular flexibility index (Phi) is 5.21. The minimum Gasteiger partial charge on any atom is -0.443 e. The number of carbonyl (C=O) groups is 1. The average molecular weight is 313 g/mol. The number of anilines is 1. The maximum atomic E-state index is 11.8. The van der Waals surface area contributed by atoms with Gasteiger partial charge in [-0.25, -0.2) is 4.79 Å². The second-order valence-corrected chi connectivity index (χ2v) is 6.26. The second kappa shape index (κ2) is 7.13. The maximum absolute atomic E-state index is 11.8. The number of aromatic nitrogens is 1. The van der Waals surface area contributed by atoms with Gasteiger partial charge in [-0.1, -0.05) is 12.1 Å². The number of nitrogens with zero attached hydrogens (tertiary/aromatic N) is 2. The van der Waals surface area contributed by atoms with E-state index in [9.17, 15) is 4.79 Å². The first kappa shape index (κ1) is 16.8. The Morgan fingerprint density at radius 1 is 1.35 bits per heavy atom. The first-order valence-electron chi connectivity index (χ1n) is 7.56. The first-order chi connectivity index (χ1) is 10.9. The molecule has 0 atom stereocenters. The fourth-order valence-corrected chi connectivity index (χ4v) is 2.05. The number of nitrogens with one attached hydrogen (secondary N) is 1. The van der Waals surface area contributed by atoms with E-state index in [1.807, 2.05) is 57.3 Å². The Bertz CT molecular complexity index is 699. The Balaban J connectivity index is 1.92. The molecule has 1 heterocycles. The number of carbonyl (C=O) groups excluding carboxylic acids is 1. The van der Waals surface area contributed by atoms with E-state index in [2.05, 4.69) is 10.3 Å². The zero-order valence-electron chi connectivity index (χ0n) is 14.0. The molecular formula is C18H23N3O2. The van der Waals surface area contributed by atoms with Crippen molar-refractivity contribution in [1.82, 2.24) is 9.88 Å². The molecule has 0 aliphatic carbocycles. The smallest absolute Gasteiger partial charge is 0.414 e. The van der Waals surface area contributed by atoms with Crippen molar-refractivity contribution in [3.8, 4) is 0 Å². The molecule has 0 aliphatic heterocycles. The van der Waals surface area contributed by atoms with Gasteiger partial charge < -0.3 is 10.1 Å². The molecule has 0 saturated carbocycles. The topological polar surface area (TPSA) is 54.5 Å². The van der Waals surface area contributed by atoms with E-state index in [0.29, 0.717) is 6.54 Å². The lowest BCUT2D eigenvalue weighted by molar-refractivity contribution is 0.0372. The number of rotatable bonds is 4. The van der Waals surface area contributed by atoms with Crippen LogP contribution in [0.25, 0.3) is 10.8 Å². The Morgan fingerprint density at radius 3 is 2.87 bits per heavy atom. The van der Waals surface area contributed by atoms with Crippen molar-refractivity contribution >= 4 is 22.6 Å². The summed E-state index contributed by atoms with van der Waals surface area (Å²) in [6.07, 6.45) is 6.83. The summed E-state index contributed by atoms with van der Waals surface area (Å²) >= 11 is 0. The Labute approximate surface area is 137 Å². The summed E-state index contributed by atoms with van der Waals surface area (Å²) in [5, 5.41) is 5.55. The normalized spacial score (nSPS) is 11.7. The quantitative estimate of drug-likeness (QED) is 0.926. The van der Waals surface area contributed by atoms with E-state index in [0.717, 1.165) is 16.5 Å². The lowest BCUT2D eigenvalue weighted by Gasteiger charge is -2.22. The van der Waals surface area contributed by atoms with Crippen LogP contribution in [0.2, 0.25) is 0 Å². The largest absolute Gasteiger partial charge is 0.443 e. The fraction of sp³-hybridized carbons (Fsp3) is 0.333. The van der Waals surface area contributed by atoms with E-state index >= 15 is 0 Å². The van der Waals surface area contributed by atoms with Crippen molar-refractivity contribution in [3.63, 3.8) is 0 Å². The molecule has 0 aliphatic rings. The van der Waals surface area contributed by atoms with Crippen molar-refractivity contribution in [1.29, 1.82) is 0 Å². The molecule has 1 aromatic carbocycles. The van der Waals surface area contributed by atoms with Crippen LogP contribution in [0, 0.1) is 0 Å². The van der Waals surface area contributed by atoms with Crippen molar-refractivity contribution in [2.45, 2.75) is 26.4 Å². The summed E-state index contributed by atoms with van der Waals surface area (Å²) in [7, 11) is 1.67. The average Bonchev–Trinajstić information content (AvgIpc) is 2.49. The van der Waals surface area contributed by atoms with Gasteiger partial charge in [0.1, 0.15) is 5.60 Å². The molecule has 0 saturated heterocycles. The summed E-state index contributed by atoms with van der Waals surface area (Å²) in [5.74, 6) is 0. The molecule has 2 rings (SSSR count). The van der Waals surface area contributed by atoms with Gasteiger partial charge in [0.05, 0.1) is 0 Å². The van der Waals surface area contributed by atoms with Crippen LogP contribution in [-0.2, 0) is 4.74 Å². The van der Waals surface area contributed by atoms with E-state index in [4.69, 9.17) is 4.74 Å². The van der Waals surface area contributed by atoms with Crippen LogP contribution < -0.4 is 5.32 Å². The Hall–Kier alpha value is -2.56. The van der Waals surface area contributed by atoms with Gasteiger partial charge in [-0.05, 0) is 39.0 Å². The van der Waals surface area contributed by atoms with Gasteiger partial charge in [-0.2, -0.15) is 0 Å². The molecule has 1 amide bonds. The second-order valence-electron chi connectivity index (χ2n) is 6.26. The highest BCUT2D eigenvalue weighted by Crippen LogP contribution is 2.21. The summed E-state index contributed by atoms with van der Waals surface area (Å²) in [5.41, 5.74) is 0.545. The molecule has 0 fully saturated rings. The zero-order chi connectivity index (χ0) is 16.9. The number of hydrogen-bond acceptors (Lipinski definition) is 4. The molecule has 23 heavy (non-hydrogen) atoms. The van der Waals surface area contributed by atoms with Crippen LogP contribution in [0.3, 0.4) is 0 Å². The Morgan fingerprint density at radius 2 is 2.13 bits per heavy atom. The number of pyridine rings is 1. The molecular weight excluding hydrogens is 290 g/mol. The van der Waals surface area contributed by atoms with Crippen LogP contribution in [0.5, 0.6) is 0 Å². The van der Waals surface area contributed by atoms with Crippen LogP contribution in [-0.4, -0.2) is 35.2 Å². The fourth-order valence-electron chi connectivity index (χ4n) is 2.05. The van der Waals surface area contributed by atoms with Gasteiger partial charge in [0.25, 0.3) is 0 Å². The number of ether oxygens (including phenoxy) is 1. The van der Waals surface area contributed by atoms with Crippen LogP contribution >= 0.6 is 0 Å². The highest BCUT2D eigenvalue weighted by atomic mass is 16.6. The monoisotopic (exact) mass is 313 g/mol. The van der Waals surface area contributed by atoms with Crippen molar-refractivity contribution < 1.29 is 9.53 Å². The third kappa shape index (κ3) is 4.98. The van der Waals surface area contributed by atoms with Crippen molar-refractivity contribution in [3.05, 3.63) is 48.9 Å². The van der Waals surface area contributed by atoms with E-state index < -0.39 is 5.60 Å². The predicted octanol–water partition coefficient (Wildman–Crippen LogP) is 4.03. The first-order valence-corrected chi connectivity index (χ1v) is 7.56. The van der Waals surface area contributed by atoms with E-state index in [1.165, 1.54) is 4.90 Å². The molecule has 1 aromatic heterocycles. The van der Waals surface area contributed by atoms with Gasteiger partial charge in [0, 0.05) is 48.6 Å². The molecule has 1 N–H and O–H groups in total. The standard InChI is InChI=1S/C18H23N3O2/c1-18(2,3)23-17(22)21(4)12-6-10-20-16-8-5-7-14-13-19-11-9-15(14)16/h5-9,11-13,20H,10H2,1-4H3. The van der Waals surface area contributed by atoms with Gasteiger partial charge in [-0.3, -0.25) is 9.88 Å². The van der Waals surface area contributed by atoms with Gasteiger partial charge >= 0.3 is 6.09 Å². The molecule has 2 aromatic rings. The summed E-state index contributed by atoms with van der Waals surface area (Å²) in [6.45, 7) is 6.15. The third-order valence-corrected chi connectivity index (χ3v) is 3.10. The van der Waals surface area contributed by atoms with E-state index in [-0.39, 0.29) is 6.09 Å². The molecule has 0 radical (unpaired) electrons. The SMILES string of the molecule is CN(C=CCNc1cccc2cnccc12)C(=O)OC(C)(C)C. The zero-order valence-corrected chi connectivity index (χ0v) is 14.0. The molecule has 5 nitrogen and oxygen atoms in total. The molecule has 0 unspecified atom stereocenters. The summed E-state index contributed by atoms with van der Waals surface area (Å²) in [6, 6.07) is 8.02. The minimum atomic E-state index is -0.492. The lowest BCUT2D eigenvalue weighted by atomic mass is 10.1. The van der Waals surface area contributed by atoms with Gasteiger partial charge in [0.2, 0.25) is 0 Å². The number of fused-ring (bicyclic) bond motifs is 1. The third-order valence-electron chi connectivity index (χ3n) is 3.10. The molecule has 0 bridgehead atoms. The van der Waals surface area contributed by atoms with Crippen LogP contribution in [0.15, 0.2) is 48.9 Å².